The van der Waals surface area contributed by atoms with Crippen molar-refractivity contribution in [2.75, 3.05) is 0 Å². The molecule has 23 heavy (non-hydrogen) atoms. The van der Waals surface area contributed by atoms with Crippen LogP contribution in [0.4, 0.5) is 0 Å². The van der Waals surface area contributed by atoms with E-state index in [9.17, 15) is 4.79 Å². The van der Waals surface area contributed by atoms with Gasteiger partial charge in [-0.3, -0.25) is 4.79 Å². The Morgan fingerprint density at radius 2 is 1.83 bits per heavy atom. The molecule has 0 aliphatic rings. The molecule has 0 bridgehead atoms. The number of thioether (sulfide) groups is 1. The van der Waals surface area contributed by atoms with Gasteiger partial charge in [0.15, 0.2) is 5.78 Å². The summed E-state index contributed by atoms with van der Waals surface area (Å²) < 4.78 is 0. The third-order valence-electron chi connectivity index (χ3n) is 3.96. The van der Waals surface area contributed by atoms with E-state index in [1.807, 2.05) is 56.3 Å². The molecule has 0 aliphatic carbocycles. The van der Waals surface area contributed by atoms with E-state index in [0.717, 1.165) is 27.1 Å². The van der Waals surface area contributed by atoms with Crippen LogP contribution in [0.25, 0.3) is 10.9 Å². The minimum Gasteiger partial charge on any atom is -0.293 e. The molecule has 1 atom stereocenters. The molecule has 0 N–H and O–H groups in total. The molecule has 3 nitrogen and oxygen atoms in total. The Hall–Kier alpha value is -2.20. The molecular weight excluding hydrogens is 304 g/mol. The van der Waals surface area contributed by atoms with Crippen LogP contribution in [-0.4, -0.2) is 21.0 Å². The number of rotatable bonds is 4. The fourth-order valence-electron chi connectivity index (χ4n) is 2.42. The van der Waals surface area contributed by atoms with E-state index >= 15 is 0 Å². The maximum absolute atomic E-state index is 12.7. The first kappa shape index (κ1) is 15.7. The average molecular weight is 322 g/mol. The minimum absolute atomic E-state index is 0.126. The Kier molecular flexibility index (Phi) is 4.44. The monoisotopic (exact) mass is 322 g/mol. The standard InChI is InChI=1S/C19H18N2OS/c1-12-8-9-15(10-13(12)2)18(22)14(3)23-19-16-6-4-5-7-17(16)20-11-21-19/h4-11,14H,1-3H3/t14-/m0/s1. The van der Waals surface area contributed by atoms with Crippen molar-refractivity contribution in [3.8, 4) is 0 Å². The molecule has 1 heterocycles. The number of hydrogen-bond donors (Lipinski definition) is 0. The Balaban J connectivity index is 1.86. The number of aryl methyl sites for hydroxylation is 2. The van der Waals surface area contributed by atoms with Crippen LogP contribution < -0.4 is 0 Å². The highest BCUT2D eigenvalue weighted by molar-refractivity contribution is 8.00. The maximum atomic E-state index is 12.7. The third kappa shape index (κ3) is 3.27. The summed E-state index contributed by atoms with van der Waals surface area (Å²) in [6.07, 6.45) is 1.55. The summed E-state index contributed by atoms with van der Waals surface area (Å²) in [6, 6.07) is 13.7. The van der Waals surface area contributed by atoms with Gasteiger partial charge in [0.1, 0.15) is 11.4 Å². The van der Waals surface area contributed by atoms with Crippen molar-refractivity contribution in [2.45, 2.75) is 31.0 Å². The summed E-state index contributed by atoms with van der Waals surface area (Å²) >= 11 is 1.49. The number of Topliss-reactive ketones (excluding diaryl/α,β-unsaturated/α-hetero) is 1. The number of fused-ring (bicyclic) bond motifs is 1. The number of hydrogen-bond acceptors (Lipinski definition) is 4. The number of para-hydroxylation sites is 1. The molecule has 4 heteroatoms. The molecule has 1 aromatic heterocycles. The first-order chi connectivity index (χ1) is 11.1. The Morgan fingerprint density at radius 1 is 1.04 bits per heavy atom. The molecule has 0 saturated carbocycles. The van der Waals surface area contributed by atoms with Crippen LogP contribution in [0, 0.1) is 13.8 Å². The second kappa shape index (κ2) is 6.50. The maximum Gasteiger partial charge on any atom is 0.175 e. The largest absolute Gasteiger partial charge is 0.293 e. The summed E-state index contributed by atoms with van der Waals surface area (Å²) in [5.41, 5.74) is 3.99. The zero-order valence-electron chi connectivity index (χ0n) is 13.4. The number of carbonyl (C=O) groups is 1. The lowest BCUT2D eigenvalue weighted by molar-refractivity contribution is 0.0994. The van der Waals surface area contributed by atoms with Crippen LogP contribution in [0.1, 0.15) is 28.4 Å². The molecular formula is C19H18N2OS. The Bertz CT molecular complexity index is 871. The van der Waals surface area contributed by atoms with Crippen molar-refractivity contribution in [3.05, 3.63) is 65.5 Å². The fourth-order valence-corrected chi connectivity index (χ4v) is 3.41. The van der Waals surface area contributed by atoms with Crippen molar-refractivity contribution < 1.29 is 4.79 Å². The molecule has 2 aromatic carbocycles. The van der Waals surface area contributed by atoms with E-state index in [4.69, 9.17) is 0 Å². The predicted octanol–water partition coefficient (Wildman–Crippen LogP) is 4.61. The van der Waals surface area contributed by atoms with Gasteiger partial charge in [0.25, 0.3) is 0 Å². The van der Waals surface area contributed by atoms with Gasteiger partial charge < -0.3 is 0 Å². The number of carbonyl (C=O) groups excluding carboxylic acids is 1. The van der Waals surface area contributed by atoms with E-state index < -0.39 is 0 Å². The van der Waals surface area contributed by atoms with Crippen LogP contribution in [0.15, 0.2) is 53.8 Å². The van der Waals surface area contributed by atoms with Crippen LogP contribution in [0.2, 0.25) is 0 Å². The van der Waals surface area contributed by atoms with Gasteiger partial charge in [-0.05, 0) is 44.0 Å². The molecule has 0 spiro atoms. The molecule has 0 radical (unpaired) electrons. The van der Waals surface area contributed by atoms with Gasteiger partial charge >= 0.3 is 0 Å². The quantitative estimate of drug-likeness (QED) is 0.400. The zero-order valence-corrected chi connectivity index (χ0v) is 14.2. The highest BCUT2D eigenvalue weighted by Gasteiger charge is 2.18. The van der Waals surface area contributed by atoms with Gasteiger partial charge in [-0.2, -0.15) is 0 Å². The predicted molar refractivity (Wildman–Crippen MR) is 95.1 cm³/mol. The first-order valence-corrected chi connectivity index (χ1v) is 8.42. The summed E-state index contributed by atoms with van der Waals surface area (Å²) in [5.74, 6) is 0.126. The zero-order chi connectivity index (χ0) is 16.4. The summed E-state index contributed by atoms with van der Waals surface area (Å²) in [4.78, 5) is 21.3. The molecule has 116 valence electrons. The Labute approximate surface area is 140 Å². The molecule has 0 unspecified atom stereocenters. The highest BCUT2D eigenvalue weighted by atomic mass is 32.2. The minimum atomic E-state index is -0.199. The topological polar surface area (TPSA) is 42.9 Å². The number of ketones is 1. The number of benzene rings is 2. The van der Waals surface area contributed by atoms with Crippen molar-refractivity contribution in [3.63, 3.8) is 0 Å². The van der Waals surface area contributed by atoms with E-state index in [1.54, 1.807) is 6.33 Å². The van der Waals surface area contributed by atoms with Crippen LogP contribution in [-0.2, 0) is 0 Å². The lowest BCUT2D eigenvalue weighted by Crippen LogP contribution is -2.14. The third-order valence-corrected chi connectivity index (χ3v) is 5.07. The van der Waals surface area contributed by atoms with E-state index in [0.29, 0.717) is 0 Å². The molecule has 3 rings (SSSR count). The Morgan fingerprint density at radius 3 is 2.61 bits per heavy atom. The van der Waals surface area contributed by atoms with Crippen molar-refractivity contribution >= 4 is 28.4 Å². The molecule has 0 fully saturated rings. The van der Waals surface area contributed by atoms with Gasteiger partial charge in [-0.15, -0.1) is 0 Å². The van der Waals surface area contributed by atoms with Gasteiger partial charge in [-0.1, -0.05) is 42.1 Å². The van der Waals surface area contributed by atoms with Crippen molar-refractivity contribution in [1.29, 1.82) is 0 Å². The van der Waals surface area contributed by atoms with E-state index in [-0.39, 0.29) is 11.0 Å². The van der Waals surface area contributed by atoms with E-state index in [2.05, 4.69) is 16.9 Å². The average Bonchev–Trinajstić information content (AvgIpc) is 2.57. The summed E-state index contributed by atoms with van der Waals surface area (Å²) in [7, 11) is 0. The number of aromatic nitrogens is 2. The lowest BCUT2D eigenvalue weighted by Gasteiger charge is -2.12. The smallest absolute Gasteiger partial charge is 0.175 e. The van der Waals surface area contributed by atoms with Crippen LogP contribution in [0.5, 0.6) is 0 Å². The second-order valence-corrected chi connectivity index (χ2v) is 6.95. The molecule has 3 aromatic rings. The van der Waals surface area contributed by atoms with Crippen LogP contribution >= 0.6 is 11.8 Å². The van der Waals surface area contributed by atoms with Crippen molar-refractivity contribution in [1.82, 2.24) is 9.97 Å². The number of nitrogens with zero attached hydrogens (tertiary/aromatic N) is 2. The first-order valence-electron chi connectivity index (χ1n) is 7.54. The van der Waals surface area contributed by atoms with Gasteiger partial charge in [0, 0.05) is 10.9 Å². The van der Waals surface area contributed by atoms with E-state index in [1.165, 1.54) is 17.3 Å². The molecule has 0 saturated heterocycles. The summed E-state index contributed by atoms with van der Waals surface area (Å²) in [5, 5.41) is 1.63. The highest BCUT2D eigenvalue weighted by Crippen LogP contribution is 2.29. The van der Waals surface area contributed by atoms with Crippen LogP contribution in [0.3, 0.4) is 0 Å². The SMILES string of the molecule is Cc1ccc(C(=O)[C@H](C)Sc2ncnc3ccccc23)cc1C. The normalized spacial score (nSPS) is 12.3. The second-order valence-electron chi connectivity index (χ2n) is 5.62. The van der Waals surface area contributed by atoms with Crippen molar-refractivity contribution in [2.24, 2.45) is 0 Å². The summed E-state index contributed by atoms with van der Waals surface area (Å²) in [6.45, 7) is 6.01. The van der Waals surface area contributed by atoms with Gasteiger partial charge in [0.2, 0.25) is 0 Å². The molecule has 0 aliphatic heterocycles. The lowest BCUT2D eigenvalue weighted by atomic mass is 10.0. The van der Waals surface area contributed by atoms with Gasteiger partial charge in [0.05, 0.1) is 10.8 Å². The van der Waals surface area contributed by atoms with Gasteiger partial charge in [-0.25, -0.2) is 9.97 Å². The molecule has 0 amide bonds. The fraction of sp³-hybridized carbons (Fsp3) is 0.211.